The predicted molar refractivity (Wildman–Crippen MR) is 130 cm³/mol. The largest absolute Gasteiger partial charge is 0.409 e. The van der Waals surface area contributed by atoms with Crippen LogP contribution in [0.5, 0.6) is 0 Å². The van der Waals surface area contributed by atoms with Gasteiger partial charge in [0.1, 0.15) is 5.38 Å². The molecule has 0 aliphatic heterocycles. The lowest BCUT2D eigenvalue weighted by Crippen LogP contribution is -2.24. The molecule has 1 atom stereocenters. The maximum Gasteiger partial charge on any atom is 0.409 e. The highest BCUT2D eigenvalue weighted by atomic mass is 36.5. The Bertz CT molecular complexity index is 348. The summed E-state index contributed by atoms with van der Waals surface area (Å²) in [5, 5.41) is -1.91. The monoisotopic (exact) mass is 712 g/mol. The van der Waals surface area contributed by atoms with Crippen molar-refractivity contribution in [1.82, 2.24) is 0 Å². The summed E-state index contributed by atoms with van der Waals surface area (Å²) in [7, 11) is 8.22. The minimum atomic E-state index is -4.36. The molecule has 0 saturated carbocycles. The Kier molecular flexibility index (Phi) is 46.6. The Morgan fingerprint density at radius 3 is 1.00 bits per heavy atom. The van der Waals surface area contributed by atoms with E-state index >= 15 is 0 Å². The van der Waals surface area contributed by atoms with Gasteiger partial charge in [-0.2, -0.15) is 26.3 Å². The third-order valence-corrected chi connectivity index (χ3v) is 2.72. The number of halogens is 19. The van der Waals surface area contributed by atoms with Gasteiger partial charge in [-0.25, -0.2) is 0 Å². The van der Waals surface area contributed by atoms with Crippen LogP contribution in [0.15, 0.2) is 25.8 Å². The van der Waals surface area contributed by atoms with Crippen LogP contribution in [0.4, 0.5) is 31.0 Å². The Morgan fingerprint density at radius 1 is 0.774 bits per heavy atom. The van der Waals surface area contributed by atoms with Crippen LogP contribution in [0, 0.1) is 0 Å². The molecule has 0 aliphatic carbocycles. The van der Waals surface area contributed by atoms with Crippen LogP contribution in [0.2, 0.25) is 0 Å². The number of allylic oxidation sites excluding steroid dienone is 1. The molecule has 0 spiro atoms. The molecule has 0 aromatic heterocycles. The molecule has 0 rings (SSSR count). The molecule has 0 aromatic carbocycles. The standard InChI is InChI=1S/C3H4Cl4.C3H3Cl2F3.C3H3F3.C2H4.CCl4.Cl2.FH/c4-2-1-3(5,6)7;4-1-2(5)3(6,7)8;1-2-3(4,5)6;1-2;2-1(3,4)5;1-2;/h1-2H2;2H,1H2;2H,1H2;1-2H2;;;1H. The van der Waals surface area contributed by atoms with E-state index in [9.17, 15) is 26.3 Å². The average molecular weight is 718 g/mol. The second-order valence-corrected chi connectivity index (χ2v) is 10.5. The first-order valence-corrected chi connectivity index (χ1v) is 11.4. The molecule has 0 nitrogen and oxygen atoms in total. The molecule has 31 heavy (non-hydrogen) atoms. The Labute approximate surface area is 235 Å². The zero-order valence-corrected chi connectivity index (χ0v) is 23.7. The summed E-state index contributed by atoms with van der Waals surface area (Å²) in [4.78, 5) is 0. The zero-order valence-electron chi connectivity index (χ0n) is 14.6. The van der Waals surface area contributed by atoms with Gasteiger partial charge in [0.2, 0.25) is 0 Å². The zero-order chi connectivity index (χ0) is 26.4. The summed E-state index contributed by atoms with van der Waals surface area (Å²) in [5.41, 5.74) is 0. The third kappa shape index (κ3) is 98.8. The van der Waals surface area contributed by atoms with Crippen molar-refractivity contribution in [3.63, 3.8) is 0 Å². The molecule has 19 heteroatoms. The van der Waals surface area contributed by atoms with E-state index in [1.165, 1.54) is 0 Å². The van der Waals surface area contributed by atoms with E-state index in [0.717, 1.165) is 0 Å². The maximum atomic E-state index is 11.2. The first kappa shape index (κ1) is 50.4. The van der Waals surface area contributed by atoms with Crippen molar-refractivity contribution in [3.8, 4) is 0 Å². The van der Waals surface area contributed by atoms with E-state index in [2.05, 4.69) is 53.0 Å². The van der Waals surface area contributed by atoms with Gasteiger partial charge in [0, 0.05) is 46.0 Å². The quantitative estimate of drug-likeness (QED) is 0.152. The Morgan fingerprint density at radius 2 is 1.00 bits per heavy atom. The van der Waals surface area contributed by atoms with Crippen molar-refractivity contribution < 1.29 is 31.0 Å². The second kappa shape index (κ2) is 28.7. The van der Waals surface area contributed by atoms with Crippen molar-refractivity contribution >= 4 is 138 Å². The van der Waals surface area contributed by atoms with Crippen molar-refractivity contribution in [3.05, 3.63) is 25.8 Å². The molecule has 0 amide bonds. The van der Waals surface area contributed by atoms with Crippen molar-refractivity contribution in [2.24, 2.45) is 0 Å². The van der Waals surface area contributed by atoms with Gasteiger partial charge in [0.15, 0.2) is 3.79 Å². The van der Waals surface area contributed by atoms with Gasteiger partial charge in [0.05, 0.1) is 0 Å². The molecule has 196 valence electrons. The summed E-state index contributed by atoms with van der Waals surface area (Å²) in [6, 6.07) is 0. The number of alkyl halides is 16. The fourth-order valence-electron chi connectivity index (χ4n) is 0.195. The molecule has 0 aromatic rings. The summed E-state index contributed by atoms with van der Waals surface area (Å²) in [6.45, 7) is 8.51. The highest BCUT2D eigenvalue weighted by molar-refractivity contribution is 6.85. The summed E-state index contributed by atoms with van der Waals surface area (Å²) in [5.74, 6) is -0.207. The van der Waals surface area contributed by atoms with Gasteiger partial charge in [-0.1, -0.05) is 87.8 Å². The number of hydrogen-bond donors (Lipinski definition) is 0. The van der Waals surface area contributed by atoms with Crippen LogP contribution < -0.4 is 0 Å². The molecule has 0 saturated heterocycles. The van der Waals surface area contributed by atoms with Gasteiger partial charge in [-0.15, -0.1) is 48.0 Å². The lowest BCUT2D eigenvalue weighted by molar-refractivity contribution is -0.126. The van der Waals surface area contributed by atoms with E-state index in [0.29, 0.717) is 12.3 Å². The fraction of sp³-hybridized carbons (Fsp3) is 0.667. The SMILES string of the molecule is C=C.C=CC(F)(F)F.ClC(Cl)(Cl)Cl.ClCCC(Cl)(Cl)Cl.ClCl.F.FC(F)(F)C(Cl)CCl. The van der Waals surface area contributed by atoms with Crippen LogP contribution in [0.3, 0.4) is 0 Å². The topological polar surface area (TPSA) is 0 Å². The maximum absolute atomic E-state index is 11.2. The van der Waals surface area contributed by atoms with Gasteiger partial charge < -0.3 is 0 Å². The van der Waals surface area contributed by atoms with E-state index in [1.54, 1.807) is 0 Å². The summed E-state index contributed by atoms with van der Waals surface area (Å²) in [6.07, 6.45) is -8.21. The van der Waals surface area contributed by atoms with Gasteiger partial charge in [0.25, 0.3) is 3.25 Å². The molecular weight excluding hydrogens is 703 g/mol. The first-order chi connectivity index (χ1) is 13.1. The predicted octanol–water partition coefficient (Wildman–Crippen LogP) is 12.0. The molecular formula is C12H15Cl12F7. The van der Waals surface area contributed by atoms with Crippen LogP contribution >= 0.6 is 138 Å². The van der Waals surface area contributed by atoms with Crippen molar-refractivity contribution in [2.75, 3.05) is 11.8 Å². The third-order valence-electron chi connectivity index (χ3n) is 1.10. The minimum Gasteiger partial charge on any atom is -0.269 e. The summed E-state index contributed by atoms with van der Waals surface area (Å²) < 4.78 is 62.9. The molecule has 0 heterocycles. The van der Waals surface area contributed by atoms with E-state index in [1.807, 2.05) is 0 Å². The van der Waals surface area contributed by atoms with Crippen LogP contribution in [-0.4, -0.2) is 36.5 Å². The molecule has 0 bridgehead atoms. The molecule has 1 unspecified atom stereocenters. The molecule has 0 radical (unpaired) electrons. The number of hydrogen-bond acceptors (Lipinski definition) is 0. The smallest absolute Gasteiger partial charge is 0.269 e. The first-order valence-electron chi connectivity index (χ1n) is 6.10. The van der Waals surface area contributed by atoms with E-state index in [4.69, 9.17) is 104 Å². The lowest BCUT2D eigenvalue weighted by atomic mass is 10.5. The fourth-order valence-corrected chi connectivity index (χ4v) is 1.23. The summed E-state index contributed by atoms with van der Waals surface area (Å²) >= 11 is 49.8. The number of rotatable bonds is 2. The van der Waals surface area contributed by atoms with E-state index < -0.39 is 30.7 Å². The molecule has 0 N–H and O–H groups in total. The van der Waals surface area contributed by atoms with Gasteiger partial charge >= 0.3 is 12.4 Å². The Balaban J connectivity index is -0.0000000469. The highest BCUT2D eigenvalue weighted by Gasteiger charge is 2.37. The van der Waals surface area contributed by atoms with Crippen LogP contribution in [0.1, 0.15) is 6.42 Å². The lowest BCUT2D eigenvalue weighted by Gasteiger charge is -2.08. The van der Waals surface area contributed by atoms with Crippen molar-refractivity contribution in [1.29, 1.82) is 0 Å². The normalized spacial score (nSPS) is 11.3. The van der Waals surface area contributed by atoms with Gasteiger partial charge in [-0.3, -0.25) is 4.70 Å². The highest BCUT2D eigenvalue weighted by Crippen LogP contribution is 2.30. The van der Waals surface area contributed by atoms with Crippen LogP contribution in [-0.2, 0) is 0 Å². The Hall–Kier alpha value is 2.47. The van der Waals surface area contributed by atoms with Crippen molar-refractivity contribution in [2.45, 2.75) is 31.2 Å². The van der Waals surface area contributed by atoms with E-state index in [-0.39, 0.29) is 10.8 Å². The minimum absolute atomic E-state index is 0. The molecule has 0 fully saturated rings. The average Bonchev–Trinajstić information content (AvgIpc) is 2.55. The molecule has 0 aliphatic rings. The van der Waals surface area contributed by atoms with Gasteiger partial charge in [-0.05, 0) is 0 Å². The second-order valence-electron chi connectivity index (χ2n) is 3.39. The van der Waals surface area contributed by atoms with Crippen LogP contribution in [0.25, 0.3) is 0 Å².